The molecule has 0 radical (unpaired) electrons. The van der Waals surface area contributed by atoms with Gasteiger partial charge >= 0.3 is 0 Å². The summed E-state index contributed by atoms with van der Waals surface area (Å²) in [7, 11) is -2.08. The number of primary sulfonamides is 1. The van der Waals surface area contributed by atoms with E-state index in [9.17, 15) is 13.2 Å². The number of anilines is 1. The fourth-order valence-corrected chi connectivity index (χ4v) is 2.80. The van der Waals surface area contributed by atoms with Crippen molar-refractivity contribution in [3.05, 3.63) is 59.7 Å². The Kier molecular flexibility index (Phi) is 4.82. The van der Waals surface area contributed by atoms with E-state index in [1.54, 1.807) is 7.05 Å². The molecule has 128 valence electrons. The maximum Gasteiger partial charge on any atom is 0.258 e. The monoisotopic (exact) mass is 346 g/mol. The summed E-state index contributed by atoms with van der Waals surface area (Å²) in [6.45, 7) is 6.39. The summed E-state index contributed by atoms with van der Waals surface area (Å²) >= 11 is 0. The van der Waals surface area contributed by atoms with Gasteiger partial charge in [-0.3, -0.25) is 4.79 Å². The third-order valence-corrected chi connectivity index (χ3v) is 4.78. The third-order valence-electron chi connectivity index (χ3n) is 3.86. The fraction of sp³-hybridized carbons (Fsp3) is 0.278. The first-order valence-corrected chi connectivity index (χ1v) is 9.06. The van der Waals surface area contributed by atoms with Crippen LogP contribution in [0.15, 0.2) is 53.4 Å². The molecule has 2 rings (SSSR count). The van der Waals surface area contributed by atoms with Crippen molar-refractivity contribution in [3.63, 3.8) is 0 Å². The van der Waals surface area contributed by atoms with Crippen molar-refractivity contribution in [1.29, 1.82) is 0 Å². The van der Waals surface area contributed by atoms with Crippen LogP contribution in [0.3, 0.4) is 0 Å². The molecule has 0 saturated carbocycles. The van der Waals surface area contributed by atoms with Gasteiger partial charge in [0.2, 0.25) is 10.0 Å². The summed E-state index contributed by atoms with van der Waals surface area (Å²) in [5.74, 6) is -0.223. The molecular weight excluding hydrogens is 324 g/mol. The van der Waals surface area contributed by atoms with Gasteiger partial charge in [-0.15, -0.1) is 0 Å². The zero-order valence-electron chi connectivity index (χ0n) is 14.3. The number of sulfonamides is 1. The maximum atomic E-state index is 12.5. The van der Waals surface area contributed by atoms with Gasteiger partial charge in [0, 0.05) is 18.3 Å². The van der Waals surface area contributed by atoms with Crippen molar-refractivity contribution >= 4 is 21.6 Å². The summed E-state index contributed by atoms with van der Waals surface area (Å²) < 4.78 is 22.5. The molecule has 0 fully saturated rings. The third kappa shape index (κ3) is 4.01. The highest BCUT2D eigenvalue weighted by Crippen LogP contribution is 2.25. The molecule has 0 aliphatic carbocycles. The first-order chi connectivity index (χ1) is 11.0. The van der Waals surface area contributed by atoms with Gasteiger partial charge in [-0.25, -0.2) is 13.6 Å². The largest absolute Gasteiger partial charge is 0.311 e. The summed E-state index contributed by atoms with van der Waals surface area (Å²) in [4.78, 5) is 14.0. The molecule has 0 heterocycles. The zero-order valence-corrected chi connectivity index (χ0v) is 15.1. The number of hydrogen-bond acceptors (Lipinski definition) is 3. The minimum absolute atomic E-state index is 0.0174. The van der Waals surface area contributed by atoms with E-state index in [2.05, 4.69) is 20.8 Å². The Balaban J connectivity index is 2.23. The minimum atomic E-state index is -3.76. The number of nitrogens with two attached hydrogens (primary N) is 1. The normalized spacial score (nSPS) is 12.0. The number of amides is 1. The van der Waals surface area contributed by atoms with Crippen LogP contribution in [0.5, 0.6) is 0 Å². The minimum Gasteiger partial charge on any atom is -0.311 e. The second-order valence-electron chi connectivity index (χ2n) is 6.73. The van der Waals surface area contributed by atoms with Crippen LogP contribution in [0, 0.1) is 0 Å². The van der Waals surface area contributed by atoms with Crippen LogP contribution in [0.2, 0.25) is 0 Å². The predicted molar refractivity (Wildman–Crippen MR) is 95.7 cm³/mol. The molecule has 0 aromatic heterocycles. The van der Waals surface area contributed by atoms with Crippen LogP contribution in [-0.2, 0) is 15.4 Å². The second kappa shape index (κ2) is 6.37. The van der Waals surface area contributed by atoms with Gasteiger partial charge in [0.15, 0.2) is 0 Å². The molecule has 0 saturated heterocycles. The van der Waals surface area contributed by atoms with Gasteiger partial charge in [0.05, 0.1) is 4.90 Å². The smallest absolute Gasteiger partial charge is 0.258 e. The molecule has 2 aromatic rings. The highest BCUT2D eigenvalue weighted by atomic mass is 32.2. The molecule has 0 atom stereocenters. The number of carbonyl (C=O) groups excluding carboxylic acids is 1. The van der Waals surface area contributed by atoms with Crippen molar-refractivity contribution in [2.75, 3.05) is 11.9 Å². The van der Waals surface area contributed by atoms with Gasteiger partial charge in [0.1, 0.15) is 0 Å². The quantitative estimate of drug-likeness (QED) is 0.928. The van der Waals surface area contributed by atoms with Crippen LogP contribution >= 0.6 is 0 Å². The van der Waals surface area contributed by atoms with Crippen LogP contribution in [0.25, 0.3) is 0 Å². The van der Waals surface area contributed by atoms with Crippen LogP contribution in [-0.4, -0.2) is 21.4 Å². The number of benzene rings is 2. The Morgan fingerprint density at radius 1 is 0.958 bits per heavy atom. The van der Waals surface area contributed by atoms with Crippen molar-refractivity contribution in [2.24, 2.45) is 5.14 Å². The molecule has 0 bridgehead atoms. The molecule has 0 spiro atoms. The van der Waals surface area contributed by atoms with E-state index in [0.29, 0.717) is 5.56 Å². The molecule has 1 amide bonds. The van der Waals surface area contributed by atoms with Crippen molar-refractivity contribution in [2.45, 2.75) is 31.1 Å². The first kappa shape index (κ1) is 18.2. The lowest BCUT2D eigenvalue weighted by Gasteiger charge is -2.22. The lowest BCUT2D eigenvalue weighted by molar-refractivity contribution is 0.0993. The molecule has 0 unspecified atom stereocenters. The highest BCUT2D eigenvalue weighted by Gasteiger charge is 2.17. The molecule has 6 heteroatoms. The fourth-order valence-electron chi connectivity index (χ4n) is 2.28. The Morgan fingerprint density at radius 2 is 1.46 bits per heavy atom. The van der Waals surface area contributed by atoms with E-state index >= 15 is 0 Å². The first-order valence-electron chi connectivity index (χ1n) is 7.51. The van der Waals surface area contributed by atoms with E-state index in [1.807, 2.05) is 24.3 Å². The highest BCUT2D eigenvalue weighted by molar-refractivity contribution is 7.89. The average molecular weight is 346 g/mol. The standard InChI is InChI=1S/C18H22N2O3S/c1-18(2,3)14-7-9-15(10-8-14)20(4)17(21)13-5-11-16(12-6-13)24(19,22)23/h5-12H,1-4H3,(H2,19,22,23). The van der Waals surface area contributed by atoms with Crippen molar-refractivity contribution in [1.82, 2.24) is 0 Å². The van der Waals surface area contributed by atoms with Gasteiger partial charge in [0.25, 0.3) is 5.91 Å². The molecule has 24 heavy (non-hydrogen) atoms. The van der Waals surface area contributed by atoms with Gasteiger partial charge in [-0.05, 0) is 47.4 Å². The van der Waals surface area contributed by atoms with E-state index in [0.717, 1.165) is 5.69 Å². The number of hydrogen-bond donors (Lipinski definition) is 1. The molecule has 0 aliphatic heterocycles. The van der Waals surface area contributed by atoms with Gasteiger partial charge in [-0.1, -0.05) is 32.9 Å². The second-order valence-corrected chi connectivity index (χ2v) is 8.29. The Labute approximate surface area is 143 Å². The maximum absolute atomic E-state index is 12.5. The van der Waals surface area contributed by atoms with E-state index in [-0.39, 0.29) is 16.2 Å². The predicted octanol–water partition coefficient (Wildman–Crippen LogP) is 2.91. The summed E-state index contributed by atoms with van der Waals surface area (Å²) in [6.07, 6.45) is 0. The average Bonchev–Trinajstić information content (AvgIpc) is 2.52. The topological polar surface area (TPSA) is 80.5 Å². The van der Waals surface area contributed by atoms with Crippen LogP contribution < -0.4 is 10.0 Å². The Bertz CT molecular complexity index is 833. The molecule has 0 aliphatic rings. The van der Waals surface area contributed by atoms with E-state index in [1.165, 1.54) is 34.7 Å². The lowest BCUT2D eigenvalue weighted by Crippen LogP contribution is -2.26. The van der Waals surface area contributed by atoms with E-state index < -0.39 is 10.0 Å². The number of nitrogens with zero attached hydrogens (tertiary/aromatic N) is 1. The van der Waals surface area contributed by atoms with Crippen LogP contribution in [0.4, 0.5) is 5.69 Å². The van der Waals surface area contributed by atoms with E-state index in [4.69, 9.17) is 5.14 Å². The number of carbonyl (C=O) groups is 1. The number of rotatable bonds is 3. The lowest BCUT2D eigenvalue weighted by atomic mass is 9.87. The van der Waals surface area contributed by atoms with Crippen molar-refractivity contribution < 1.29 is 13.2 Å². The summed E-state index contributed by atoms with van der Waals surface area (Å²) in [6, 6.07) is 13.4. The summed E-state index contributed by atoms with van der Waals surface area (Å²) in [5, 5.41) is 5.06. The molecule has 2 aromatic carbocycles. The van der Waals surface area contributed by atoms with Crippen LogP contribution in [0.1, 0.15) is 36.7 Å². The zero-order chi connectivity index (χ0) is 18.1. The molecule has 5 nitrogen and oxygen atoms in total. The Morgan fingerprint density at radius 3 is 1.88 bits per heavy atom. The SMILES string of the molecule is CN(C(=O)c1ccc(S(N)(=O)=O)cc1)c1ccc(C(C)(C)C)cc1. The molecular formula is C18H22N2O3S. The van der Waals surface area contributed by atoms with Gasteiger partial charge < -0.3 is 4.90 Å². The van der Waals surface area contributed by atoms with Gasteiger partial charge in [-0.2, -0.15) is 0 Å². The summed E-state index contributed by atoms with van der Waals surface area (Å²) in [5.41, 5.74) is 2.39. The molecule has 2 N–H and O–H groups in total. The Hall–Kier alpha value is -2.18. The van der Waals surface area contributed by atoms with Crippen molar-refractivity contribution in [3.8, 4) is 0 Å².